The number of aliphatic hydroxyl groups excluding tert-OH is 1. The Hall–Kier alpha value is -0.960. The lowest BCUT2D eigenvalue weighted by Gasteiger charge is -2.03. The van der Waals surface area contributed by atoms with Gasteiger partial charge in [0.25, 0.3) is 0 Å². The van der Waals surface area contributed by atoms with Crippen molar-refractivity contribution in [3.63, 3.8) is 0 Å². The van der Waals surface area contributed by atoms with Crippen LogP contribution in [0.5, 0.6) is 0 Å². The Bertz CT molecular complexity index is 337. The second-order valence-corrected chi connectivity index (χ2v) is 4.92. The maximum atomic E-state index is 11.4. The van der Waals surface area contributed by atoms with Gasteiger partial charge in [-0.25, -0.2) is 4.39 Å². The van der Waals surface area contributed by atoms with Crippen molar-refractivity contribution in [2.75, 3.05) is 6.67 Å². The van der Waals surface area contributed by atoms with Crippen LogP contribution in [0.2, 0.25) is 0 Å². The standard InChI is InChI=1S/C9H13N.C5H9FO/c1-7(2)9-6-4-5-8(3)10-9;6-3-5(7)4-1-2-4/h4-7H,1-3H3;4-5,7H,1-3H2. The summed E-state index contributed by atoms with van der Waals surface area (Å²) in [5, 5.41) is 8.62. The number of halogens is 1. The highest BCUT2D eigenvalue weighted by molar-refractivity contribution is 5.12. The van der Waals surface area contributed by atoms with Crippen LogP contribution in [0.25, 0.3) is 0 Å². The fraction of sp³-hybridized carbons (Fsp3) is 0.643. The minimum absolute atomic E-state index is 0.296. The molecule has 0 saturated heterocycles. The lowest BCUT2D eigenvalue weighted by molar-refractivity contribution is 0.119. The molecule has 1 fully saturated rings. The summed E-state index contributed by atoms with van der Waals surface area (Å²) in [6.45, 7) is 5.76. The average molecular weight is 239 g/mol. The van der Waals surface area contributed by atoms with Crippen molar-refractivity contribution >= 4 is 0 Å². The van der Waals surface area contributed by atoms with Crippen LogP contribution in [-0.2, 0) is 0 Å². The van der Waals surface area contributed by atoms with E-state index in [4.69, 9.17) is 5.11 Å². The molecule has 17 heavy (non-hydrogen) atoms. The second-order valence-electron chi connectivity index (χ2n) is 4.92. The summed E-state index contributed by atoms with van der Waals surface area (Å²) in [6, 6.07) is 6.14. The molecule has 96 valence electrons. The summed E-state index contributed by atoms with van der Waals surface area (Å²) < 4.78 is 11.4. The number of hydrogen-bond acceptors (Lipinski definition) is 2. The van der Waals surface area contributed by atoms with Crippen LogP contribution >= 0.6 is 0 Å². The second kappa shape index (κ2) is 6.70. The molecule has 1 heterocycles. The van der Waals surface area contributed by atoms with E-state index < -0.39 is 12.8 Å². The molecular weight excluding hydrogens is 217 g/mol. The molecule has 1 aromatic rings. The molecule has 1 N–H and O–H groups in total. The largest absolute Gasteiger partial charge is 0.390 e. The van der Waals surface area contributed by atoms with Crippen molar-refractivity contribution in [2.45, 2.75) is 45.6 Å². The normalized spacial score (nSPS) is 16.4. The number of pyridine rings is 1. The molecule has 1 aliphatic carbocycles. The van der Waals surface area contributed by atoms with Gasteiger partial charge in [0.05, 0.1) is 6.10 Å². The first kappa shape index (κ1) is 14.1. The molecule has 2 nitrogen and oxygen atoms in total. The number of hydrogen-bond donors (Lipinski definition) is 1. The fourth-order valence-corrected chi connectivity index (χ4v) is 1.49. The van der Waals surface area contributed by atoms with Crippen molar-refractivity contribution in [3.8, 4) is 0 Å². The van der Waals surface area contributed by atoms with Crippen molar-refractivity contribution in [3.05, 3.63) is 29.6 Å². The molecule has 1 atom stereocenters. The molecule has 1 unspecified atom stereocenters. The smallest absolute Gasteiger partial charge is 0.116 e. The zero-order chi connectivity index (χ0) is 12.8. The molecule has 0 bridgehead atoms. The van der Waals surface area contributed by atoms with E-state index in [1.165, 1.54) is 5.69 Å². The first-order chi connectivity index (χ1) is 8.04. The molecule has 1 aromatic heterocycles. The highest BCUT2D eigenvalue weighted by Crippen LogP contribution is 2.32. The van der Waals surface area contributed by atoms with E-state index in [0.29, 0.717) is 11.8 Å². The molecule has 3 heteroatoms. The molecule has 0 amide bonds. The Balaban J connectivity index is 0.000000181. The van der Waals surface area contributed by atoms with Crippen LogP contribution in [0.3, 0.4) is 0 Å². The lowest BCUT2D eigenvalue weighted by atomic mass is 10.1. The zero-order valence-electron chi connectivity index (χ0n) is 10.9. The maximum absolute atomic E-state index is 11.4. The van der Waals surface area contributed by atoms with Crippen LogP contribution in [0.4, 0.5) is 4.39 Å². The first-order valence-corrected chi connectivity index (χ1v) is 6.22. The predicted octanol–water partition coefficient (Wildman–Crippen LogP) is 3.24. The number of aromatic nitrogens is 1. The molecule has 0 aromatic carbocycles. The van der Waals surface area contributed by atoms with Crippen LogP contribution in [-0.4, -0.2) is 22.9 Å². The van der Waals surface area contributed by atoms with Gasteiger partial charge in [-0.2, -0.15) is 0 Å². The third-order valence-corrected chi connectivity index (χ3v) is 2.83. The summed E-state index contributed by atoms with van der Waals surface area (Å²) in [7, 11) is 0. The molecule has 2 rings (SSSR count). The van der Waals surface area contributed by atoms with E-state index >= 15 is 0 Å². The third-order valence-electron chi connectivity index (χ3n) is 2.83. The van der Waals surface area contributed by atoms with Gasteiger partial charge in [-0.15, -0.1) is 0 Å². The molecule has 0 spiro atoms. The van der Waals surface area contributed by atoms with Gasteiger partial charge < -0.3 is 5.11 Å². The summed E-state index contributed by atoms with van der Waals surface area (Å²) in [4.78, 5) is 4.37. The van der Waals surface area contributed by atoms with E-state index in [2.05, 4.69) is 31.0 Å². The monoisotopic (exact) mass is 239 g/mol. The van der Waals surface area contributed by atoms with Crippen molar-refractivity contribution in [1.82, 2.24) is 4.98 Å². The number of aliphatic hydroxyl groups is 1. The third kappa shape index (κ3) is 5.26. The SMILES string of the molecule is Cc1cccc(C(C)C)n1.OC(CF)C1CC1. The lowest BCUT2D eigenvalue weighted by Crippen LogP contribution is -2.10. The fourth-order valence-electron chi connectivity index (χ4n) is 1.49. The van der Waals surface area contributed by atoms with E-state index in [1.54, 1.807) is 0 Å². The maximum Gasteiger partial charge on any atom is 0.116 e. The van der Waals surface area contributed by atoms with E-state index in [1.807, 2.05) is 13.0 Å². The molecular formula is C14H22FNO. The van der Waals surface area contributed by atoms with Gasteiger partial charge in [0.15, 0.2) is 0 Å². The molecule has 1 saturated carbocycles. The molecule has 0 aliphatic heterocycles. The number of rotatable bonds is 3. The van der Waals surface area contributed by atoms with Gasteiger partial charge in [0.2, 0.25) is 0 Å². The highest BCUT2D eigenvalue weighted by Gasteiger charge is 2.29. The van der Waals surface area contributed by atoms with Crippen LogP contribution in [0.1, 0.15) is 44.0 Å². The van der Waals surface area contributed by atoms with Gasteiger partial charge in [0.1, 0.15) is 6.67 Å². The van der Waals surface area contributed by atoms with E-state index in [0.717, 1.165) is 18.5 Å². The van der Waals surface area contributed by atoms with Gasteiger partial charge in [-0.3, -0.25) is 4.98 Å². The van der Waals surface area contributed by atoms with Crippen molar-refractivity contribution in [1.29, 1.82) is 0 Å². The Morgan fingerprint density at radius 2 is 2.06 bits per heavy atom. The Kier molecular flexibility index (Phi) is 5.56. The summed E-state index contributed by atoms with van der Waals surface area (Å²) in [6.07, 6.45) is 1.39. The van der Waals surface area contributed by atoms with Gasteiger partial charge in [0, 0.05) is 11.4 Å². The van der Waals surface area contributed by atoms with Gasteiger partial charge in [-0.1, -0.05) is 19.9 Å². The Labute approximate surface area is 103 Å². The number of nitrogens with zero attached hydrogens (tertiary/aromatic N) is 1. The van der Waals surface area contributed by atoms with Crippen molar-refractivity contribution in [2.24, 2.45) is 5.92 Å². The first-order valence-electron chi connectivity index (χ1n) is 6.22. The zero-order valence-corrected chi connectivity index (χ0v) is 10.9. The number of alkyl halides is 1. The minimum Gasteiger partial charge on any atom is -0.390 e. The topological polar surface area (TPSA) is 33.1 Å². The van der Waals surface area contributed by atoms with Crippen LogP contribution < -0.4 is 0 Å². The molecule has 1 aliphatic rings. The van der Waals surface area contributed by atoms with E-state index in [-0.39, 0.29) is 0 Å². The summed E-state index contributed by atoms with van der Waals surface area (Å²) >= 11 is 0. The molecule has 0 radical (unpaired) electrons. The minimum atomic E-state index is -0.653. The predicted molar refractivity (Wildman–Crippen MR) is 67.8 cm³/mol. The van der Waals surface area contributed by atoms with Crippen LogP contribution in [0.15, 0.2) is 18.2 Å². The quantitative estimate of drug-likeness (QED) is 0.878. The summed E-state index contributed by atoms with van der Waals surface area (Å²) in [5.41, 5.74) is 2.28. The van der Waals surface area contributed by atoms with E-state index in [9.17, 15) is 4.39 Å². The highest BCUT2D eigenvalue weighted by atomic mass is 19.1. The van der Waals surface area contributed by atoms with Crippen LogP contribution in [0, 0.1) is 12.8 Å². The van der Waals surface area contributed by atoms with Crippen molar-refractivity contribution < 1.29 is 9.50 Å². The average Bonchev–Trinajstić information content (AvgIpc) is 3.13. The Morgan fingerprint density at radius 1 is 1.41 bits per heavy atom. The summed E-state index contributed by atoms with van der Waals surface area (Å²) in [5.74, 6) is 0.838. The number of aryl methyl sites for hydroxylation is 1. The van der Waals surface area contributed by atoms with Gasteiger partial charge >= 0.3 is 0 Å². The van der Waals surface area contributed by atoms with Gasteiger partial charge in [-0.05, 0) is 43.7 Å². The Morgan fingerprint density at radius 3 is 2.35 bits per heavy atom.